The van der Waals surface area contributed by atoms with Crippen molar-refractivity contribution >= 4 is 23.2 Å². The quantitative estimate of drug-likeness (QED) is 0.545. The van der Waals surface area contributed by atoms with Crippen LogP contribution in [0.3, 0.4) is 0 Å². The van der Waals surface area contributed by atoms with Crippen molar-refractivity contribution in [2.45, 2.75) is 45.7 Å². The number of aryl methyl sites for hydroxylation is 2. The number of carbonyl (C=O) groups is 2. The second-order valence-corrected chi connectivity index (χ2v) is 7.63. The Kier molecular flexibility index (Phi) is 7.78. The van der Waals surface area contributed by atoms with Crippen LogP contribution in [0.5, 0.6) is 5.75 Å². The lowest BCUT2D eigenvalue weighted by Crippen LogP contribution is -2.50. The van der Waals surface area contributed by atoms with Crippen LogP contribution in [0.1, 0.15) is 29.2 Å². The fraction of sp³-hybridized carbons (Fsp3) is 0.333. The number of hydrogen-bond donors (Lipinski definition) is 4. The van der Waals surface area contributed by atoms with Crippen LogP contribution in [0.4, 0.5) is 0 Å². The van der Waals surface area contributed by atoms with E-state index in [0.29, 0.717) is 6.42 Å². The summed E-state index contributed by atoms with van der Waals surface area (Å²) in [4.78, 5) is 24.5. The van der Waals surface area contributed by atoms with Gasteiger partial charge in [0.25, 0.3) is 0 Å². The molecule has 0 radical (unpaired) electrons. The van der Waals surface area contributed by atoms with E-state index in [4.69, 9.17) is 5.73 Å². The zero-order valence-corrected chi connectivity index (χ0v) is 17.2. The lowest BCUT2D eigenvalue weighted by molar-refractivity contribution is -0.128. The molecule has 28 heavy (non-hydrogen) atoms. The van der Waals surface area contributed by atoms with Crippen molar-refractivity contribution in [1.82, 2.24) is 10.6 Å². The monoisotopic (exact) mass is 401 g/mol. The van der Waals surface area contributed by atoms with Gasteiger partial charge in [-0.2, -0.15) is 11.3 Å². The van der Waals surface area contributed by atoms with Gasteiger partial charge in [0.1, 0.15) is 11.8 Å². The number of amides is 2. The number of carbonyl (C=O) groups excluding carboxylic acids is 2. The normalized spacial score (nSPS) is 13.3. The molecule has 1 aromatic carbocycles. The topological polar surface area (TPSA) is 104 Å². The van der Waals surface area contributed by atoms with Crippen molar-refractivity contribution in [2.75, 3.05) is 0 Å². The fourth-order valence-electron chi connectivity index (χ4n) is 2.86. The van der Waals surface area contributed by atoms with Gasteiger partial charge in [-0.3, -0.25) is 9.59 Å². The minimum Gasteiger partial charge on any atom is -0.508 e. The molecule has 0 aliphatic heterocycles. The van der Waals surface area contributed by atoms with Gasteiger partial charge in [0.05, 0.1) is 6.04 Å². The first-order valence-corrected chi connectivity index (χ1v) is 10.0. The van der Waals surface area contributed by atoms with Gasteiger partial charge in [0.2, 0.25) is 11.8 Å². The molecule has 1 aromatic heterocycles. The van der Waals surface area contributed by atoms with Crippen molar-refractivity contribution in [3.8, 4) is 5.75 Å². The zero-order chi connectivity index (χ0) is 20.7. The Labute approximate surface area is 169 Å². The van der Waals surface area contributed by atoms with Crippen LogP contribution in [-0.4, -0.2) is 29.0 Å². The summed E-state index contributed by atoms with van der Waals surface area (Å²) < 4.78 is 0. The minimum atomic E-state index is -0.786. The van der Waals surface area contributed by atoms with Crippen molar-refractivity contribution in [2.24, 2.45) is 5.73 Å². The molecule has 0 unspecified atom stereocenters. The number of thiophene rings is 1. The van der Waals surface area contributed by atoms with E-state index in [2.05, 4.69) is 10.6 Å². The van der Waals surface area contributed by atoms with Crippen LogP contribution >= 0.6 is 11.3 Å². The van der Waals surface area contributed by atoms with Crippen LogP contribution in [0, 0.1) is 13.8 Å². The number of allylic oxidation sites excluding steroid dienone is 1. The Morgan fingerprint density at radius 2 is 1.93 bits per heavy atom. The average molecular weight is 402 g/mol. The Bertz CT molecular complexity index is 824. The van der Waals surface area contributed by atoms with E-state index in [9.17, 15) is 14.7 Å². The highest BCUT2D eigenvalue weighted by Gasteiger charge is 2.21. The zero-order valence-electron chi connectivity index (χ0n) is 16.4. The highest BCUT2D eigenvalue weighted by atomic mass is 32.1. The minimum absolute atomic E-state index is 0.189. The maximum atomic E-state index is 12.4. The standard InChI is InChI=1S/C21H27N3O3S/c1-13-9-17(25)10-14(2)18(13)11-19(22)21(27)24-15(3)20(26)23-7-4-5-16-6-8-28-12-16/h4,6-10,12,15,19,25H,5,11,22H2,1-3H3,(H,23,26)(H,24,27)/b7-4+/t15-,19+/m1/s1. The number of nitrogens with one attached hydrogen (secondary N) is 2. The lowest BCUT2D eigenvalue weighted by atomic mass is 9.96. The van der Waals surface area contributed by atoms with Crippen LogP contribution in [0.15, 0.2) is 41.2 Å². The molecule has 2 rings (SSSR count). The molecule has 150 valence electrons. The summed E-state index contributed by atoms with van der Waals surface area (Å²) in [5.74, 6) is -0.509. The molecular formula is C21H27N3O3S. The number of nitrogens with two attached hydrogens (primary N) is 1. The SMILES string of the molecule is Cc1cc(O)cc(C)c1C[C@H](N)C(=O)N[C@H](C)C(=O)N/C=C/Cc1ccsc1. The van der Waals surface area contributed by atoms with E-state index in [1.54, 1.807) is 36.6 Å². The van der Waals surface area contributed by atoms with Gasteiger partial charge in [-0.15, -0.1) is 0 Å². The van der Waals surface area contributed by atoms with E-state index >= 15 is 0 Å². The predicted molar refractivity (Wildman–Crippen MR) is 112 cm³/mol. The first-order chi connectivity index (χ1) is 13.3. The summed E-state index contributed by atoms with van der Waals surface area (Å²) in [5.41, 5.74) is 9.89. The Morgan fingerprint density at radius 3 is 2.54 bits per heavy atom. The number of benzene rings is 1. The van der Waals surface area contributed by atoms with Gasteiger partial charge in [-0.1, -0.05) is 6.08 Å². The van der Waals surface area contributed by atoms with Gasteiger partial charge < -0.3 is 21.5 Å². The third-order valence-electron chi connectivity index (χ3n) is 4.47. The molecule has 0 saturated heterocycles. The smallest absolute Gasteiger partial charge is 0.246 e. The van der Waals surface area contributed by atoms with Gasteiger partial charge in [0, 0.05) is 6.20 Å². The highest BCUT2D eigenvalue weighted by molar-refractivity contribution is 7.07. The second kappa shape index (κ2) is 10.1. The third-order valence-corrected chi connectivity index (χ3v) is 5.20. The highest BCUT2D eigenvalue weighted by Crippen LogP contribution is 2.21. The second-order valence-electron chi connectivity index (χ2n) is 6.85. The number of phenols is 1. The van der Waals surface area contributed by atoms with Crippen LogP contribution in [0.2, 0.25) is 0 Å². The largest absolute Gasteiger partial charge is 0.508 e. The molecule has 0 aliphatic carbocycles. The molecule has 5 N–H and O–H groups in total. The Balaban J connectivity index is 1.83. The Morgan fingerprint density at radius 1 is 1.25 bits per heavy atom. The number of aromatic hydroxyl groups is 1. The summed E-state index contributed by atoms with van der Waals surface area (Å²) in [6.07, 6.45) is 4.52. The summed E-state index contributed by atoms with van der Waals surface area (Å²) in [7, 11) is 0. The molecule has 0 bridgehead atoms. The molecule has 0 aliphatic rings. The van der Waals surface area contributed by atoms with Crippen molar-refractivity contribution < 1.29 is 14.7 Å². The molecule has 2 aromatic rings. The lowest BCUT2D eigenvalue weighted by Gasteiger charge is -2.18. The third kappa shape index (κ3) is 6.21. The summed E-state index contributed by atoms with van der Waals surface area (Å²) in [6, 6.07) is 3.83. The van der Waals surface area contributed by atoms with E-state index in [1.165, 1.54) is 5.56 Å². The molecule has 2 atom stereocenters. The first kappa shape index (κ1) is 21.7. The van der Waals surface area contributed by atoms with Crippen molar-refractivity contribution in [1.29, 1.82) is 0 Å². The van der Waals surface area contributed by atoms with Gasteiger partial charge in [0.15, 0.2) is 0 Å². The predicted octanol–water partition coefficient (Wildman–Crippen LogP) is 2.32. The summed E-state index contributed by atoms with van der Waals surface area (Å²) in [6.45, 7) is 5.35. The number of rotatable bonds is 8. The fourth-order valence-corrected chi connectivity index (χ4v) is 3.54. The molecule has 6 nitrogen and oxygen atoms in total. The molecule has 0 saturated carbocycles. The van der Waals surface area contributed by atoms with Gasteiger partial charge >= 0.3 is 0 Å². The van der Waals surface area contributed by atoms with Crippen molar-refractivity contribution in [3.05, 3.63) is 63.5 Å². The van der Waals surface area contributed by atoms with Crippen LogP contribution in [-0.2, 0) is 22.4 Å². The van der Waals surface area contributed by atoms with Crippen molar-refractivity contribution in [3.63, 3.8) is 0 Å². The maximum absolute atomic E-state index is 12.4. The van der Waals surface area contributed by atoms with E-state index in [0.717, 1.165) is 23.1 Å². The van der Waals surface area contributed by atoms with E-state index in [-0.39, 0.29) is 11.7 Å². The van der Waals surface area contributed by atoms with Gasteiger partial charge in [-0.05, 0) is 84.8 Å². The van der Waals surface area contributed by atoms with Gasteiger partial charge in [-0.25, -0.2) is 0 Å². The van der Waals surface area contributed by atoms with E-state index < -0.39 is 18.0 Å². The maximum Gasteiger partial charge on any atom is 0.246 e. The van der Waals surface area contributed by atoms with Crippen LogP contribution in [0.25, 0.3) is 0 Å². The number of phenolic OH excluding ortho intramolecular Hbond substituents is 1. The van der Waals surface area contributed by atoms with E-state index in [1.807, 2.05) is 36.7 Å². The van der Waals surface area contributed by atoms with Crippen LogP contribution < -0.4 is 16.4 Å². The molecule has 1 heterocycles. The summed E-state index contributed by atoms with van der Waals surface area (Å²) in [5, 5.41) is 19.0. The summed E-state index contributed by atoms with van der Waals surface area (Å²) >= 11 is 1.63. The Hall–Kier alpha value is -2.64. The number of hydrogen-bond acceptors (Lipinski definition) is 5. The molecule has 7 heteroatoms. The molecule has 0 spiro atoms. The first-order valence-electron chi connectivity index (χ1n) is 9.09. The average Bonchev–Trinajstić information content (AvgIpc) is 3.14. The molecular weight excluding hydrogens is 374 g/mol. The molecule has 0 fully saturated rings. The molecule has 2 amide bonds.